The second-order valence-corrected chi connectivity index (χ2v) is 10.0. The molecule has 1 saturated heterocycles. The summed E-state index contributed by atoms with van der Waals surface area (Å²) in [5.41, 5.74) is 3.69. The van der Waals surface area contributed by atoms with Gasteiger partial charge in [0.25, 0.3) is 0 Å². The molecule has 29 heavy (non-hydrogen) atoms. The summed E-state index contributed by atoms with van der Waals surface area (Å²) in [7, 11) is 0. The van der Waals surface area contributed by atoms with E-state index < -0.39 is 0 Å². The molecule has 1 aromatic heterocycles. The number of anilines is 1. The zero-order chi connectivity index (χ0) is 20.4. The summed E-state index contributed by atoms with van der Waals surface area (Å²) in [6.45, 7) is 10.0. The fourth-order valence-corrected chi connectivity index (χ4v) is 6.11. The van der Waals surface area contributed by atoms with Crippen molar-refractivity contribution in [1.29, 1.82) is 0 Å². The van der Waals surface area contributed by atoms with Gasteiger partial charge < -0.3 is 9.80 Å². The highest BCUT2D eigenvalue weighted by Gasteiger charge is 2.31. The topological polar surface area (TPSA) is 36.4 Å². The first-order valence-electron chi connectivity index (χ1n) is 11.5. The normalized spacial score (nSPS) is 23.0. The fraction of sp³-hybridized carbons (Fsp3) is 0.667. The zero-order valence-corrected chi connectivity index (χ0v) is 19.1. The summed E-state index contributed by atoms with van der Waals surface area (Å²) in [6, 6.07) is 4.35. The van der Waals surface area contributed by atoms with E-state index in [-0.39, 0.29) is 5.92 Å². The van der Waals surface area contributed by atoms with Crippen LogP contribution in [0.2, 0.25) is 0 Å². The van der Waals surface area contributed by atoms with Crippen LogP contribution in [0.3, 0.4) is 0 Å². The Morgan fingerprint density at radius 2 is 1.76 bits per heavy atom. The molecular weight excluding hydrogens is 378 g/mol. The van der Waals surface area contributed by atoms with Crippen LogP contribution >= 0.6 is 11.3 Å². The van der Waals surface area contributed by atoms with E-state index in [4.69, 9.17) is 4.98 Å². The quantitative estimate of drug-likeness (QED) is 0.644. The number of hydrogen-bond donors (Lipinski definition) is 0. The van der Waals surface area contributed by atoms with Crippen molar-refractivity contribution in [2.75, 3.05) is 31.1 Å². The van der Waals surface area contributed by atoms with Crippen molar-refractivity contribution in [1.82, 2.24) is 9.88 Å². The molecule has 158 valence electrons. The summed E-state index contributed by atoms with van der Waals surface area (Å²) in [5.74, 6) is 1.54. The number of piperazine rings is 1. The van der Waals surface area contributed by atoms with Crippen molar-refractivity contribution < 1.29 is 4.79 Å². The third-order valence-electron chi connectivity index (χ3n) is 6.95. The molecular formula is C24H35N3OS. The van der Waals surface area contributed by atoms with Gasteiger partial charge in [-0.05, 0) is 56.6 Å². The maximum absolute atomic E-state index is 13.0. The van der Waals surface area contributed by atoms with Gasteiger partial charge in [-0.25, -0.2) is 4.98 Å². The first-order valence-corrected chi connectivity index (χ1v) is 12.3. The van der Waals surface area contributed by atoms with Crippen molar-refractivity contribution in [3.63, 3.8) is 0 Å². The molecule has 1 saturated carbocycles. The van der Waals surface area contributed by atoms with E-state index in [9.17, 15) is 4.79 Å². The molecule has 2 aliphatic rings. The van der Waals surface area contributed by atoms with Crippen molar-refractivity contribution in [2.24, 2.45) is 11.8 Å². The first-order chi connectivity index (χ1) is 14.1. The van der Waals surface area contributed by atoms with Crippen molar-refractivity contribution in [3.05, 3.63) is 23.3 Å². The Balaban J connectivity index is 1.32. The summed E-state index contributed by atoms with van der Waals surface area (Å²) < 4.78 is 1.30. The third kappa shape index (κ3) is 4.45. The minimum atomic E-state index is 0.271. The summed E-state index contributed by atoms with van der Waals surface area (Å²) in [5, 5.41) is 1.11. The molecule has 1 aliphatic carbocycles. The van der Waals surface area contributed by atoms with Gasteiger partial charge in [-0.15, -0.1) is 0 Å². The molecule has 2 aromatic rings. The Labute approximate surface area is 179 Å². The lowest BCUT2D eigenvalue weighted by Gasteiger charge is -2.37. The number of unbranched alkanes of at least 4 members (excludes halogenated alkanes) is 1. The number of aromatic nitrogens is 1. The first kappa shape index (κ1) is 20.6. The second-order valence-electron chi connectivity index (χ2n) is 9.05. The van der Waals surface area contributed by atoms with Gasteiger partial charge in [0.1, 0.15) is 0 Å². The standard InChI is InChI=1S/C24H35N3OS/c1-4-5-6-19-9-11-20(12-10-19)23(28)26-13-15-27(16-14-26)24-25-21-17(2)7-8-18(3)22(21)29-24/h7-8,19-20H,4-6,9-16H2,1-3H3. The van der Waals surface area contributed by atoms with E-state index in [2.05, 4.69) is 42.7 Å². The van der Waals surface area contributed by atoms with Gasteiger partial charge in [0.05, 0.1) is 10.2 Å². The Hall–Kier alpha value is -1.62. The number of nitrogens with zero attached hydrogens (tertiary/aromatic N) is 3. The lowest BCUT2D eigenvalue weighted by atomic mass is 9.79. The molecule has 4 nitrogen and oxygen atoms in total. The number of carbonyl (C=O) groups excluding carboxylic acids is 1. The summed E-state index contributed by atoms with van der Waals surface area (Å²) in [6.07, 6.45) is 8.69. The largest absolute Gasteiger partial charge is 0.345 e. The number of fused-ring (bicyclic) bond motifs is 1. The number of thiazole rings is 1. The number of hydrogen-bond acceptors (Lipinski definition) is 4. The van der Waals surface area contributed by atoms with E-state index in [0.717, 1.165) is 55.6 Å². The lowest BCUT2D eigenvalue weighted by Crippen LogP contribution is -2.50. The number of carbonyl (C=O) groups is 1. The number of rotatable bonds is 5. The van der Waals surface area contributed by atoms with Crippen LogP contribution in [0.5, 0.6) is 0 Å². The zero-order valence-electron chi connectivity index (χ0n) is 18.2. The smallest absolute Gasteiger partial charge is 0.225 e. The molecule has 0 radical (unpaired) electrons. The number of benzene rings is 1. The summed E-state index contributed by atoms with van der Waals surface area (Å²) >= 11 is 1.80. The molecule has 2 heterocycles. The summed E-state index contributed by atoms with van der Waals surface area (Å²) in [4.78, 5) is 22.5. The van der Waals surface area contributed by atoms with Crippen LogP contribution in [0.1, 0.15) is 63.0 Å². The fourth-order valence-electron chi connectivity index (χ4n) is 4.95. The van der Waals surface area contributed by atoms with Crippen LogP contribution in [0, 0.1) is 25.7 Å². The predicted octanol–water partition coefficient (Wildman–Crippen LogP) is 5.56. The van der Waals surface area contributed by atoms with Gasteiger partial charge in [-0.2, -0.15) is 0 Å². The van der Waals surface area contributed by atoms with Gasteiger partial charge >= 0.3 is 0 Å². The molecule has 2 fully saturated rings. The molecule has 0 unspecified atom stereocenters. The SMILES string of the molecule is CCCCC1CCC(C(=O)N2CCN(c3nc4c(C)ccc(C)c4s3)CC2)CC1. The molecule has 5 heteroatoms. The van der Waals surface area contributed by atoms with Crippen LogP contribution in [0.25, 0.3) is 10.2 Å². The second kappa shape index (κ2) is 9.03. The number of aryl methyl sites for hydroxylation is 2. The van der Waals surface area contributed by atoms with E-state index in [1.54, 1.807) is 11.3 Å². The number of amides is 1. The maximum Gasteiger partial charge on any atom is 0.225 e. The Morgan fingerprint density at radius 1 is 1.07 bits per heavy atom. The van der Waals surface area contributed by atoms with Crippen LogP contribution in [0.4, 0.5) is 5.13 Å². The van der Waals surface area contributed by atoms with Crippen molar-refractivity contribution in [2.45, 2.75) is 65.7 Å². The molecule has 1 aromatic carbocycles. The Kier molecular flexibility index (Phi) is 6.43. The highest BCUT2D eigenvalue weighted by molar-refractivity contribution is 7.22. The van der Waals surface area contributed by atoms with Crippen LogP contribution in [-0.4, -0.2) is 42.0 Å². The van der Waals surface area contributed by atoms with Gasteiger partial charge in [0.2, 0.25) is 5.91 Å². The molecule has 0 bridgehead atoms. The van der Waals surface area contributed by atoms with Gasteiger partial charge in [0, 0.05) is 32.1 Å². The van der Waals surface area contributed by atoms with Crippen molar-refractivity contribution >= 4 is 32.6 Å². The lowest BCUT2D eigenvalue weighted by molar-refractivity contribution is -0.137. The van der Waals surface area contributed by atoms with E-state index >= 15 is 0 Å². The molecule has 0 atom stereocenters. The minimum Gasteiger partial charge on any atom is -0.345 e. The predicted molar refractivity (Wildman–Crippen MR) is 123 cm³/mol. The molecule has 1 aliphatic heterocycles. The maximum atomic E-state index is 13.0. The molecule has 0 N–H and O–H groups in total. The molecule has 0 spiro atoms. The molecule has 1 amide bonds. The highest BCUT2D eigenvalue weighted by Crippen LogP contribution is 2.35. The van der Waals surface area contributed by atoms with E-state index in [1.807, 2.05) is 0 Å². The third-order valence-corrected chi connectivity index (χ3v) is 8.21. The minimum absolute atomic E-state index is 0.271. The average Bonchev–Trinajstić information content (AvgIpc) is 3.22. The van der Waals surface area contributed by atoms with E-state index in [1.165, 1.54) is 47.9 Å². The van der Waals surface area contributed by atoms with Gasteiger partial charge in [0.15, 0.2) is 5.13 Å². The molecule has 4 rings (SSSR count). The van der Waals surface area contributed by atoms with Crippen LogP contribution in [0.15, 0.2) is 12.1 Å². The van der Waals surface area contributed by atoms with Crippen molar-refractivity contribution in [3.8, 4) is 0 Å². The van der Waals surface area contributed by atoms with Crippen LogP contribution < -0.4 is 4.90 Å². The average molecular weight is 414 g/mol. The Morgan fingerprint density at radius 3 is 2.41 bits per heavy atom. The Bertz CT molecular complexity index is 806. The monoisotopic (exact) mass is 413 g/mol. The van der Waals surface area contributed by atoms with E-state index in [0.29, 0.717) is 5.91 Å². The van der Waals surface area contributed by atoms with Gasteiger partial charge in [-0.1, -0.05) is 49.7 Å². The van der Waals surface area contributed by atoms with Gasteiger partial charge in [-0.3, -0.25) is 4.79 Å². The van der Waals surface area contributed by atoms with Crippen LogP contribution in [-0.2, 0) is 4.79 Å². The highest BCUT2D eigenvalue weighted by atomic mass is 32.1.